The first-order valence-electron chi connectivity index (χ1n) is 5.68. The second kappa shape index (κ2) is 4.56. The normalized spacial score (nSPS) is 14.5. The zero-order chi connectivity index (χ0) is 11.5. The fraction of sp³-hybridized carbons (Fsp3) is 0.462. The molecule has 0 fully saturated rings. The molecule has 1 aliphatic heterocycles. The molecule has 0 saturated heterocycles. The van der Waals surface area contributed by atoms with Crippen LogP contribution in [0.3, 0.4) is 0 Å². The van der Waals surface area contributed by atoms with Gasteiger partial charge in [-0.05, 0) is 29.7 Å². The Kier molecular flexibility index (Phi) is 3.13. The molecule has 0 aliphatic carbocycles. The summed E-state index contributed by atoms with van der Waals surface area (Å²) in [5.74, 6) is 1.13. The molecule has 0 atom stereocenters. The van der Waals surface area contributed by atoms with Crippen LogP contribution in [0.2, 0.25) is 0 Å². The van der Waals surface area contributed by atoms with Crippen molar-refractivity contribution in [1.29, 1.82) is 0 Å². The van der Waals surface area contributed by atoms with E-state index in [0.717, 1.165) is 25.3 Å². The first-order valence-corrected chi connectivity index (χ1v) is 5.68. The van der Waals surface area contributed by atoms with Crippen molar-refractivity contribution in [2.75, 3.05) is 13.7 Å². The highest BCUT2D eigenvalue weighted by Crippen LogP contribution is 2.23. The zero-order valence-electron chi connectivity index (χ0n) is 9.82. The third-order valence-electron chi connectivity index (χ3n) is 3.08. The van der Waals surface area contributed by atoms with Crippen molar-refractivity contribution in [2.24, 2.45) is 0 Å². The molecule has 0 spiro atoms. The maximum atomic E-state index is 11.6. The van der Waals surface area contributed by atoms with Gasteiger partial charge in [0.1, 0.15) is 5.75 Å². The van der Waals surface area contributed by atoms with Crippen molar-refractivity contribution < 1.29 is 9.53 Å². The van der Waals surface area contributed by atoms with Gasteiger partial charge < -0.3 is 9.64 Å². The Morgan fingerprint density at radius 3 is 2.94 bits per heavy atom. The van der Waals surface area contributed by atoms with E-state index in [1.165, 1.54) is 11.1 Å². The average Bonchev–Trinajstić information content (AvgIpc) is 2.36. The third-order valence-corrected chi connectivity index (χ3v) is 3.08. The lowest BCUT2D eigenvalue weighted by atomic mass is 9.99. The number of fused-ring (bicyclic) bond motifs is 1. The summed E-state index contributed by atoms with van der Waals surface area (Å²) in [6.07, 6.45) is 1.52. The number of methoxy groups -OCH3 is 1. The number of benzene rings is 1. The second-order valence-corrected chi connectivity index (χ2v) is 4.05. The summed E-state index contributed by atoms with van der Waals surface area (Å²) in [5, 5.41) is 0. The van der Waals surface area contributed by atoms with Gasteiger partial charge >= 0.3 is 0 Å². The number of carbonyl (C=O) groups excluding carboxylic acids is 1. The van der Waals surface area contributed by atoms with Gasteiger partial charge in [-0.25, -0.2) is 0 Å². The van der Waals surface area contributed by atoms with Gasteiger partial charge in [-0.2, -0.15) is 0 Å². The number of hydrogen-bond donors (Lipinski definition) is 0. The van der Waals surface area contributed by atoms with Crippen LogP contribution in [0.15, 0.2) is 18.2 Å². The number of nitrogens with zero attached hydrogens (tertiary/aromatic N) is 1. The first kappa shape index (κ1) is 11.0. The van der Waals surface area contributed by atoms with Gasteiger partial charge in [-0.3, -0.25) is 4.79 Å². The average molecular weight is 219 g/mol. The lowest BCUT2D eigenvalue weighted by Gasteiger charge is -2.28. The van der Waals surface area contributed by atoms with Crippen molar-refractivity contribution in [3.05, 3.63) is 29.3 Å². The molecular weight excluding hydrogens is 202 g/mol. The Balaban J connectivity index is 2.18. The van der Waals surface area contributed by atoms with E-state index in [1.54, 1.807) is 7.11 Å². The third kappa shape index (κ3) is 2.03. The molecule has 0 aromatic heterocycles. The van der Waals surface area contributed by atoms with E-state index < -0.39 is 0 Å². The highest BCUT2D eigenvalue weighted by atomic mass is 16.5. The summed E-state index contributed by atoms with van der Waals surface area (Å²) >= 11 is 0. The SMILES string of the molecule is CCC(=O)N1CCc2cc(OC)ccc2C1. The molecule has 86 valence electrons. The topological polar surface area (TPSA) is 29.5 Å². The van der Waals surface area contributed by atoms with E-state index in [2.05, 4.69) is 12.1 Å². The fourth-order valence-electron chi connectivity index (χ4n) is 2.09. The summed E-state index contributed by atoms with van der Waals surface area (Å²) in [4.78, 5) is 13.5. The van der Waals surface area contributed by atoms with E-state index in [-0.39, 0.29) is 5.91 Å². The smallest absolute Gasteiger partial charge is 0.222 e. The first-order chi connectivity index (χ1) is 7.74. The Morgan fingerprint density at radius 1 is 1.44 bits per heavy atom. The van der Waals surface area contributed by atoms with Crippen molar-refractivity contribution in [2.45, 2.75) is 26.3 Å². The van der Waals surface area contributed by atoms with Crippen LogP contribution in [0.5, 0.6) is 5.75 Å². The summed E-state index contributed by atoms with van der Waals surface area (Å²) in [5.41, 5.74) is 2.55. The van der Waals surface area contributed by atoms with Gasteiger partial charge in [0.15, 0.2) is 0 Å². The molecule has 0 unspecified atom stereocenters. The summed E-state index contributed by atoms with van der Waals surface area (Å²) in [6.45, 7) is 3.48. The molecule has 1 aromatic rings. The van der Waals surface area contributed by atoms with Gasteiger partial charge in [0.25, 0.3) is 0 Å². The van der Waals surface area contributed by atoms with Crippen LogP contribution >= 0.6 is 0 Å². The molecule has 1 aliphatic rings. The van der Waals surface area contributed by atoms with E-state index in [1.807, 2.05) is 17.9 Å². The van der Waals surface area contributed by atoms with Crippen molar-refractivity contribution in [3.8, 4) is 5.75 Å². The lowest BCUT2D eigenvalue weighted by Crippen LogP contribution is -2.35. The van der Waals surface area contributed by atoms with Crippen LogP contribution in [-0.2, 0) is 17.8 Å². The quantitative estimate of drug-likeness (QED) is 0.761. The number of carbonyl (C=O) groups is 1. The minimum Gasteiger partial charge on any atom is -0.497 e. The van der Waals surface area contributed by atoms with Crippen LogP contribution in [0.25, 0.3) is 0 Å². The molecule has 0 saturated carbocycles. The molecular formula is C13H17NO2. The Hall–Kier alpha value is -1.51. The second-order valence-electron chi connectivity index (χ2n) is 4.05. The van der Waals surface area contributed by atoms with Crippen LogP contribution in [-0.4, -0.2) is 24.5 Å². The maximum Gasteiger partial charge on any atom is 0.222 e. The monoisotopic (exact) mass is 219 g/mol. The Bertz CT molecular complexity index is 401. The van der Waals surface area contributed by atoms with Crippen molar-refractivity contribution >= 4 is 5.91 Å². The summed E-state index contributed by atoms with van der Waals surface area (Å²) in [6, 6.07) is 6.09. The predicted molar refractivity (Wildman–Crippen MR) is 62.4 cm³/mol. The standard InChI is InChI=1S/C13H17NO2/c1-3-13(15)14-7-6-10-8-12(16-2)5-4-11(10)9-14/h4-5,8H,3,6-7,9H2,1-2H3. The van der Waals surface area contributed by atoms with Gasteiger partial charge in [0, 0.05) is 19.5 Å². The Labute approximate surface area is 96.0 Å². The van der Waals surface area contributed by atoms with Crippen LogP contribution < -0.4 is 4.74 Å². The van der Waals surface area contributed by atoms with Crippen LogP contribution in [0.4, 0.5) is 0 Å². The van der Waals surface area contributed by atoms with E-state index in [4.69, 9.17) is 4.74 Å². The van der Waals surface area contributed by atoms with Gasteiger partial charge in [0.05, 0.1) is 7.11 Å². The largest absolute Gasteiger partial charge is 0.497 e. The van der Waals surface area contributed by atoms with Gasteiger partial charge in [-0.1, -0.05) is 13.0 Å². The Morgan fingerprint density at radius 2 is 2.25 bits per heavy atom. The number of amides is 1. The molecule has 0 bridgehead atoms. The molecule has 0 radical (unpaired) electrons. The molecule has 1 heterocycles. The van der Waals surface area contributed by atoms with Crippen molar-refractivity contribution in [1.82, 2.24) is 4.90 Å². The molecule has 0 N–H and O–H groups in total. The van der Waals surface area contributed by atoms with Gasteiger partial charge in [-0.15, -0.1) is 0 Å². The maximum absolute atomic E-state index is 11.6. The summed E-state index contributed by atoms with van der Waals surface area (Å²) < 4.78 is 5.20. The van der Waals surface area contributed by atoms with E-state index >= 15 is 0 Å². The minimum absolute atomic E-state index is 0.237. The van der Waals surface area contributed by atoms with E-state index in [9.17, 15) is 4.79 Å². The zero-order valence-corrected chi connectivity index (χ0v) is 9.82. The molecule has 1 amide bonds. The summed E-state index contributed by atoms with van der Waals surface area (Å²) in [7, 11) is 1.68. The van der Waals surface area contributed by atoms with Crippen LogP contribution in [0.1, 0.15) is 24.5 Å². The molecule has 16 heavy (non-hydrogen) atoms. The molecule has 2 rings (SSSR count). The van der Waals surface area contributed by atoms with Gasteiger partial charge in [0.2, 0.25) is 5.91 Å². The predicted octanol–water partition coefficient (Wildman–Crippen LogP) is 1.99. The highest BCUT2D eigenvalue weighted by Gasteiger charge is 2.19. The number of hydrogen-bond acceptors (Lipinski definition) is 2. The number of ether oxygens (including phenoxy) is 1. The van der Waals surface area contributed by atoms with E-state index in [0.29, 0.717) is 6.42 Å². The fourth-order valence-corrected chi connectivity index (χ4v) is 2.09. The minimum atomic E-state index is 0.237. The highest BCUT2D eigenvalue weighted by molar-refractivity contribution is 5.76. The molecule has 1 aromatic carbocycles. The van der Waals surface area contributed by atoms with Crippen LogP contribution in [0, 0.1) is 0 Å². The molecule has 3 heteroatoms. The number of rotatable bonds is 2. The molecule has 3 nitrogen and oxygen atoms in total. The lowest BCUT2D eigenvalue weighted by molar-refractivity contribution is -0.131. The van der Waals surface area contributed by atoms with Crippen molar-refractivity contribution in [3.63, 3.8) is 0 Å².